The van der Waals surface area contributed by atoms with Gasteiger partial charge < -0.3 is 9.52 Å². The number of hydrogen-bond donors (Lipinski definition) is 1. The van der Waals surface area contributed by atoms with Gasteiger partial charge in [-0.25, -0.2) is 4.79 Å². The fourth-order valence-corrected chi connectivity index (χ4v) is 3.96. The van der Waals surface area contributed by atoms with Crippen LogP contribution in [0.4, 0.5) is 0 Å². The monoisotopic (exact) mass is 376 g/mol. The molecule has 1 aliphatic heterocycles. The normalized spacial score (nSPS) is 15.6. The Labute approximate surface area is 164 Å². The zero-order valence-electron chi connectivity index (χ0n) is 16.0. The zero-order valence-corrected chi connectivity index (χ0v) is 16.0. The molecule has 144 valence electrons. The quantitative estimate of drug-likeness (QED) is 0.697. The summed E-state index contributed by atoms with van der Waals surface area (Å²) in [5.41, 5.74) is 3.34. The topological polar surface area (TPSA) is 66.6 Å². The number of aromatic carboxylic acids is 1. The van der Waals surface area contributed by atoms with Crippen molar-refractivity contribution in [3.8, 4) is 11.3 Å². The Bertz CT molecular complexity index is 971. The van der Waals surface area contributed by atoms with Crippen LogP contribution in [0.5, 0.6) is 0 Å². The fraction of sp³-hybridized carbons (Fsp3) is 0.304. The Hall–Kier alpha value is -2.92. The molecule has 0 amide bonds. The van der Waals surface area contributed by atoms with Crippen LogP contribution in [-0.2, 0) is 6.54 Å². The summed E-state index contributed by atoms with van der Waals surface area (Å²) < 4.78 is 5.98. The van der Waals surface area contributed by atoms with E-state index in [1.54, 1.807) is 18.2 Å². The van der Waals surface area contributed by atoms with Gasteiger partial charge in [0.2, 0.25) is 0 Å². The highest BCUT2D eigenvalue weighted by atomic mass is 16.4. The van der Waals surface area contributed by atoms with Crippen LogP contribution in [0.3, 0.4) is 0 Å². The Kier molecular flexibility index (Phi) is 5.26. The Morgan fingerprint density at radius 1 is 1.18 bits per heavy atom. The van der Waals surface area contributed by atoms with Crippen molar-refractivity contribution in [1.82, 2.24) is 9.88 Å². The Morgan fingerprint density at radius 2 is 1.96 bits per heavy atom. The number of likely N-dealkylation sites (tertiary alicyclic amines) is 1. The Morgan fingerprint density at radius 3 is 2.71 bits per heavy atom. The number of aryl methyl sites for hydroxylation is 1. The van der Waals surface area contributed by atoms with E-state index in [-0.39, 0.29) is 5.56 Å². The molecule has 3 aromatic rings. The molecule has 0 spiro atoms. The molecule has 5 nitrogen and oxygen atoms in total. The lowest BCUT2D eigenvalue weighted by atomic mass is 9.89. The van der Waals surface area contributed by atoms with Crippen molar-refractivity contribution in [2.75, 3.05) is 13.1 Å². The van der Waals surface area contributed by atoms with Gasteiger partial charge in [-0.2, -0.15) is 0 Å². The van der Waals surface area contributed by atoms with Gasteiger partial charge >= 0.3 is 5.97 Å². The number of nitrogens with zero attached hydrogens (tertiary/aromatic N) is 2. The summed E-state index contributed by atoms with van der Waals surface area (Å²) in [6.07, 6.45) is 4.15. The van der Waals surface area contributed by atoms with E-state index in [0.29, 0.717) is 17.2 Å². The van der Waals surface area contributed by atoms with Gasteiger partial charge in [-0.3, -0.25) is 9.88 Å². The van der Waals surface area contributed by atoms with E-state index < -0.39 is 5.97 Å². The van der Waals surface area contributed by atoms with Gasteiger partial charge in [-0.1, -0.05) is 18.2 Å². The van der Waals surface area contributed by atoms with Crippen LogP contribution < -0.4 is 0 Å². The van der Waals surface area contributed by atoms with Crippen LogP contribution in [0.25, 0.3) is 11.3 Å². The van der Waals surface area contributed by atoms with Crippen LogP contribution in [-0.4, -0.2) is 34.0 Å². The molecule has 1 aromatic carbocycles. The molecule has 5 heteroatoms. The van der Waals surface area contributed by atoms with Crippen molar-refractivity contribution in [3.63, 3.8) is 0 Å². The molecule has 4 rings (SSSR count). The summed E-state index contributed by atoms with van der Waals surface area (Å²) in [6, 6.07) is 15.1. The number of carbonyl (C=O) groups is 1. The van der Waals surface area contributed by atoms with Crippen molar-refractivity contribution >= 4 is 5.97 Å². The number of benzene rings is 1. The second-order valence-electron chi connectivity index (χ2n) is 7.40. The first-order valence-corrected chi connectivity index (χ1v) is 9.66. The highest BCUT2D eigenvalue weighted by Crippen LogP contribution is 2.30. The van der Waals surface area contributed by atoms with Gasteiger partial charge in [-0.15, -0.1) is 0 Å². The molecule has 0 atom stereocenters. The number of pyridine rings is 1. The van der Waals surface area contributed by atoms with E-state index in [9.17, 15) is 9.90 Å². The second-order valence-corrected chi connectivity index (χ2v) is 7.40. The first kappa shape index (κ1) is 18.4. The van der Waals surface area contributed by atoms with Gasteiger partial charge in [0.25, 0.3) is 0 Å². The number of aromatic nitrogens is 1. The van der Waals surface area contributed by atoms with Crippen LogP contribution in [0.1, 0.15) is 46.1 Å². The number of hydrogen-bond acceptors (Lipinski definition) is 4. The Balaban J connectivity index is 1.40. The molecule has 1 saturated heterocycles. The number of rotatable bonds is 5. The molecule has 0 aliphatic carbocycles. The summed E-state index contributed by atoms with van der Waals surface area (Å²) in [6.45, 7) is 4.83. The molecule has 1 N–H and O–H groups in total. The summed E-state index contributed by atoms with van der Waals surface area (Å²) in [5.74, 6) is 1.12. The first-order valence-electron chi connectivity index (χ1n) is 9.66. The van der Waals surface area contributed by atoms with Gasteiger partial charge in [0, 0.05) is 17.5 Å². The predicted octanol–water partition coefficient (Wildman–Crippen LogP) is 4.73. The third-order valence-electron chi connectivity index (χ3n) is 5.44. The van der Waals surface area contributed by atoms with Crippen molar-refractivity contribution in [2.24, 2.45) is 0 Å². The van der Waals surface area contributed by atoms with Crippen molar-refractivity contribution in [3.05, 3.63) is 77.3 Å². The summed E-state index contributed by atoms with van der Waals surface area (Å²) in [4.78, 5) is 18.1. The second kappa shape index (κ2) is 7.98. The number of carboxylic acid groups (broad SMARTS) is 1. The minimum atomic E-state index is -0.943. The van der Waals surface area contributed by atoms with Crippen LogP contribution in [0, 0.1) is 6.92 Å². The van der Waals surface area contributed by atoms with Crippen LogP contribution in [0.2, 0.25) is 0 Å². The van der Waals surface area contributed by atoms with Crippen LogP contribution in [0.15, 0.2) is 59.1 Å². The summed E-state index contributed by atoms with van der Waals surface area (Å²) in [7, 11) is 0. The average molecular weight is 376 g/mol. The third-order valence-corrected chi connectivity index (χ3v) is 5.44. The van der Waals surface area contributed by atoms with E-state index >= 15 is 0 Å². The third kappa shape index (κ3) is 3.99. The van der Waals surface area contributed by atoms with Crippen LogP contribution >= 0.6 is 0 Å². The molecule has 1 fully saturated rings. The summed E-state index contributed by atoms with van der Waals surface area (Å²) in [5, 5.41) is 9.38. The van der Waals surface area contributed by atoms with E-state index in [2.05, 4.69) is 22.0 Å². The maximum atomic E-state index is 11.4. The fourth-order valence-electron chi connectivity index (χ4n) is 3.96. The standard InChI is InChI=1S/C23H24N2O3/c1-16-14-18(8-11-24-16)17-9-12-25(13-10-17)15-19-6-7-22(28-19)20-4-2-3-5-21(20)23(26)27/h2-8,11,14,17H,9-10,12-13,15H2,1H3,(H,26,27). The van der Waals surface area contributed by atoms with Crippen molar-refractivity contribution in [1.29, 1.82) is 0 Å². The van der Waals surface area contributed by atoms with E-state index in [1.807, 2.05) is 31.3 Å². The van der Waals surface area contributed by atoms with Crippen molar-refractivity contribution < 1.29 is 14.3 Å². The molecule has 1 aliphatic rings. The maximum Gasteiger partial charge on any atom is 0.336 e. The smallest absolute Gasteiger partial charge is 0.336 e. The predicted molar refractivity (Wildman–Crippen MR) is 107 cm³/mol. The van der Waals surface area contributed by atoms with Crippen molar-refractivity contribution in [2.45, 2.75) is 32.2 Å². The van der Waals surface area contributed by atoms with Gasteiger partial charge in [0.1, 0.15) is 11.5 Å². The largest absolute Gasteiger partial charge is 0.478 e. The lowest BCUT2D eigenvalue weighted by Crippen LogP contribution is -2.32. The van der Waals surface area contributed by atoms with Gasteiger partial charge in [0.05, 0.1) is 12.1 Å². The highest BCUT2D eigenvalue weighted by Gasteiger charge is 2.22. The SMILES string of the molecule is Cc1cc(C2CCN(Cc3ccc(-c4ccccc4C(=O)O)o3)CC2)ccn1. The molecule has 0 saturated carbocycles. The highest BCUT2D eigenvalue weighted by molar-refractivity contribution is 5.95. The molecule has 28 heavy (non-hydrogen) atoms. The lowest BCUT2D eigenvalue weighted by molar-refractivity contribution is 0.0697. The number of piperidine rings is 1. The molecule has 0 radical (unpaired) electrons. The van der Waals surface area contributed by atoms with Gasteiger partial charge in [0.15, 0.2) is 0 Å². The molecule has 3 heterocycles. The minimum Gasteiger partial charge on any atom is -0.478 e. The lowest BCUT2D eigenvalue weighted by Gasteiger charge is -2.31. The molecule has 2 aromatic heterocycles. The number of carboxylic acids is 1. The van der Waals surface area contributed by atoms with E-state index in [0.717, 1.165) is 43.9 Å². The molecule has 0 unspecified atom stereocenters. The first-order chi connectivity index (χ1) is 13.6. The minimum absolute atomic E-state index is 0.261. The molecular weight excluding hydrogens is 352 g/mol. The maximum absolute atomic E-state index is 11.4. The number of furan rings is 1. The molecule has 0 bridgehead atoms. The molecular formula is C23H24N2O3. The summed E-state index contributed by atoms with van der Waals surface area (Å²) >= 11 is 0. The van der Waals surface area contributed by atoms with Gasteiger partial charge in [-0.05, 0) is 74.7 Å². The van der Waals surface area contributed by atoms with E-state index in [1.165, 1.54) is 5.56 Å². The zero-order chi connectivity index (χ0) is 19.5. The van der Waals surface area contributed by atoms with E-state index in [4.69, 9.17) is 4.42 Å². The average Bonchev–Trinajstić information content (AvgIpc) is 3.17.